The molecule has 112 valence electrons. The Balaban J connectivity index is 1.61. The number of ketones is 1. The van der Waals surface area contributed by atoms with Crippen molar-refractivity contribution in [1.82, 2.24) is 4.90 Å². The van der Waals surface area contributed by atoms with Gasteiger partial charge in [-0.1, -0.05) is 12.1 Å². The van der Waals surface area contributed by atoms with E-state index in [1.165, 1.54) is 18.4 Å². The van der Waals surface area contributed by atoms with E-state index in [0.717, 1.165) is 43.6 Å². The number of para-hydroxylation sites is 1. The van der Waals surface area contributed by atoms with E-state index in [1.54, 1.807) is 0 Å². The van der Waals surface area contributed by atoms with Gasteiger partial charge < -0.3 is 9.64 Å². The Morgan fingerprint density at radius 1 is 1.24 bits per heavy atom. The van der Waals surface area contributed by atoms with Gasteiger partial charge in [-0.2, -0.15) is 0 Å². The van der Waals surface area contributed by atoms with Crippen LogP contribution < -0.4 is 4.74 Å². The number of nitrogens with zero attached hydrogens (tertiary/aromatic N) is 1. The minimum atomic E-state index is 0.190. The molecule has 1 aromatic rings. The lowest BCUT2D eigenvalue weighted by Crippen LogP contribution is -2.42. The van der Waals surface area contributed by atoms with E-state index >= 15 is 0 Å². The number of ether oxygens (including phenoxy) is 1. The van der Waals surface area contributed by atoms with E-state index in [2.05, 4.69) is 18.0 Å². The molecule has 2 saturated heterocycles. The van der Waals surface area contributed by atoms with Crippen LogP contribution in [-0.4, -0.2) is 36.4 Å². The van der Waals surface area contributed by atoms with Gasteiger partial charge in [-0.3, -0.25) is 4.79 Å². The minimum Gasteiger partial charge on any atom is -0.493 e. The second kappa shape index (κ2) is 5.13. The summed E-state index contributed by atoms with van der Waals surface area (Å²) in [6.07, 6.45) is 6.66. The van der Waals surface area contributed by atoms with Gasteiger partial charge in [-0.25, -0.2) is 0 Å². The first kappa shape index (κ1) is 13.3. The maximum Gasteiger partial charge on any atom is 0.169 e. The third-order valence-corrected chi connectivity index (χ3v) is 5.67. The number of fused-ring (bicyclic) bond motifs is 3. The van der Waals surface area contributed by atoms with Crippen molar-refractivity contribution in [3.05, 3.63) is 29.3 Å². The molecule has 0 saturated carbocycles. The summed E-state index contributed by atoms with van der Waals surface area (Å²) in [5.74, 6) is 1.38. The van der Waals surface area contributed by atoms with E-state index in [0.29, 0.717) is 17.9 Å². The normalized spacial score (nSPS) is 31.6. The van der Waals surface area contributed by atoms with E-state index < -0.39 is 0 Å². The van der Waals surface area contributed by atoms with Crippen LogP contribution in [0.25, 0.3) is 0 Å². The highest BCUT2D eigenvalue weighted by molar-refractivity contribution is 6.00. The molecule has 3 heteroatoms. The third kappa shape index (κ3) is 2.18. The molecule has 2 unspecified atom stereocenters. The molecule has 21 heavy (non-hydrogen) atoms. The van der Waals surface area contributed by atoms with Crippen LogP contribution in [0.1, 0.15) is 48.0 Å². The maximum absolute atomic E-state index is 13.0. The van der Waals surface area contributed by atoms with Crippen molar-refractivity contribution in [2.24, 2.45) is 5.92 Å². The minimum absolute atomic E-state index is 0.190. The van der Waals surface area contributed by atoms with E-state index in [9.17, 15) is 4.79 Å². The highest BCUT2D eigenvalue weighted by Crippen LogP contribution is 2.40. The highest BCUT2D eigenvalue weighted by Gasteiger charge is 2.41. The van der Waals surface area contributed by atoms with Gasteiger partial charge >= 0.3 is 0 Å². The first-order chi connectivity index (χ1) is 10.2. The predicted octanol–water partition coefficient (Wildman–Crippen LogP) is 3.07. The van der Waals surface area contributed by atoms with Crippen molar-refractivity contribution in [1.29, 1.82) is 0 Å². The number of carbonyl (C=O) groups is 1. The van der Waals surface area contributed by atoms with Crippen LogP contribution in [0.5, 0.6) is 5.75 Å². The summed E-state index contributed by atoms with van der Waals surface area (Å²) in [4.78, 5) is 15.5. The molecule has 2 atom stereocenters. The zero-order valence-electron chi connectivity index (χ0n) is 12.7. The Bertz CT molecular complexity index is 554. The molecular formula is C18H23NO2. The second-order valence-corrected chi connectivity index (χ2v) is 6.83. The van der Waals surface area contributed by atoms with Crippen molar-refractivity contribution in [2.45, 2.75) is 50.6 Å². The van der Waals surface area contributed by atoms with Crippen molar-refractivity contribution in [2.75, 3.05) is 13.7 Å². The summed E-state index contributed by atoms with van der Waals surface area (Å²) >= 11 is 0. The molecule has 2 fully saturated rings. The first-order valence-corrected chi connectivity index (χ1v) is 8.25. The quantitative estimate of drug-likeness (QED) is 0.782. The van der Waals surface area contributed by atoms with Crippen LogP contribution in [0.3, 0.4) is 0 Å². The van der Waals surface area contributed by atoms with Crippen molar-refractivity contribution < 1.29 is 9.53 Å². The summed E-state index contributed by atoms with van der Waals surface area (Å²) in [6, 6.07) is 7.30. The lowest BCUT2D eigenvalue weighted by atomic mass is 9.84. The molecule has 3 heterocycles. The summed E-state index contributed by atoms with van der Waals surface area (Å²) in [7, 11) is 2.22. The zero-order chi connectivity index (χ0) is 14.4. The molecule has 3 nitrogen and oxygen atoms in total. The van der Waals surface area contributed by atoms with Crippen LogP contribution >= 0.6 is 0 Å². The van der Waals surface area contributed by atoms with Gasteiger partial charge in [-0.05, 0) is 57.2 Å². The van der Waals surface area contributed by atoms with Crippen LogP contribution in [0.4, 0.5) is 0 Å². The Morgan fingerprint density at radius 3 is 2.76 bits per heavy atom. The van der Waals surface area contributed by atoms with Crippen LogP contribution in [0, 0.1) is 5.92 Å². The Kier molecular flexibility index (Phi) is 3.26. The Hall–Kier alpha value is -1.35. The van der Waals surface area contributed by atoms with Gasteiger partial charge in [0, 0.05) is 18.0 Å². The third-order valence-electron chi connectivity index (χ3n) is 5.67. The second-order valence-electron chi connectivity index (χ2n) is 6.83. The van der Waals surface area contributed by atoms with Gasteiger partial charge in [-0.15, -0.1) is 0 Å². The summed E-state index contributed by atoms with van der Waals surface area (Å²) in [5.41, 5.74) is 2.05. The number of piperidine rings is 1. The monoisotopic (exact) mass is 285 g/mol. The number of hydrogen-bond acceptors (Lipinski definition) is 3. The summed E-state index contributed by atoms with van der Waals surface area (Å²) in [5, 5.41) is 0. The van der Waals surface area contributed by atoms with Gasteiger partial charge in [0.1, 0.15) is 5.75 Å². The van der Waals surface area contributed by atoms with Gasteiger partial charge in [0.25, 0.3) is 0 Å². The zero-order valence-corrected chi connectivity index (χ0v) is 12.7. The van der Waals surface area contributed by atoms with Gasteiger partial charge in [0.05, 0.1) is 12.2 Å². The predicted molar refractivity (Wildman–Crippen MR) is 81.9 cm³/mol. The smallest absolute Gasteiger partial charge is 0.169 e. The van der Waals surface area contributed by atoms with E-state index in [4.69, 9.17) is 4.74 Å². The fraction of sp³-hybridized carbons (Fsp3) is 0.611. The Labute approximate surface area is 126 Å². The van der Waals surface area contributed by atoms with Crippen LogP contribution in [0.2, 0.25) is 0 Å². The molecule has 0 radical (unpaired) electrons. The largest absolute Gasteiger partial charge is 0.493 e. The number of benzene rings is 1. The van der Waals surface area contributed by atoms with Gasteiger partial charge in [0.15, 0.2) is 5.78 Å². The number of aryl methyl sites for hydroxylation is 1. The molecular weight excluding hydrogens is 262 g/mol. The molecule has 0 amide bonds. The van der Waals surface area contributed by atoms with Crippen LogP contribution in [0.15, 0.2) is 18.2 Å². The molecule has 2 bridgehead atoms. The van der Waals surface area contributed by atoms with E-state index in [1.807, 2.05) is 12.1 Å². The molecule has 0 spiro atoms. The molecule has 0 aromatic heterocycles. The van der Waals surface area contributed by atoms with Crippen LogP contribution in [-0.2, 0) is 6.42 Å². The Morgan fingerprint density at radius 2 is 2.00 bits per heavy atom. The first-order valence-electron chi connectivity index (χ1n) is 8.25. The van der Waals surface area contributed by atoms with Crippen molar-refractivity contribution >= 4 is 5.78 Å². The molecule has 1 aromatic carbocycles. The number of carbonyl (C=O) groups excluding carboxylic acids is 1. The topological polar surface area (TPSA) is 29.5 Å². The number of Topliss-reactive ketones (excluding diaryl/α,β-unsaturated/α-hetero) is 1. The standard InChI is InChI=1S/C18H23NO2/c1-19-14-7-8-15(19)11-13(10-14)17(20)16-6-2-4-12-5-3-9-21-18(12)16/h2,4,6,13-15H,3,5,7-11H2,1H3. The molecule has 0 N–H and O–H groups in total. The van der Waals surface area contributed by atoms with E-state index in [-0.39, 0.29) is 5.92 Å². The number of rotatable bonds is 2. The average Bonchev–Trinajstić information content (AvgIpc) is 2.75. The molecule has 3 aliphatic heterocycles. The number of hydrogen-bond donors (Lipinski definition) is 0. The lowest BCUT2D eigenvalue weighted by molar-refractivity contribution is 0.0762. The molecule has 4 rings (SSSR count). The molecule has 0 aliphatic carbocycles. The van der Waals surface area contributed by atoms with Crippen molar-refractivity contribution in [3.63, 3.8) is 0 Å². The average molecular weight is 285 g/mol. The maximum atomic E-state index is 13.0. The fourth-order valence-corrected chi connectivity index (χ4v) is 4.43. The van der Waals surface area contributed by atoms with Gasteiger partial charge in [0.2, 0.25) is 0 Å². The summed E-state index contributed by atoms with van der Waals surface area (Å²) < 4.78 is 5.83. The SMILES string of the molecule is CN1C2CCC1CC(C(=O)c1cccc3c1OCCC3)C2. The highest BCUT2D eigenvalue weighted by atomic mass is 16.5. The summed E-state index contributed by atoms with van der Waals surface area (Å²) in [6.45, 7) is 0.746. The van der Waals surface area contributed by atoms with Crippen molar-refractivity contribution in [3.8, 4) is 5.75 Å². The lowest BCUT2D eigenvalue weighted by Gasteiger charge is -2.36. The molecule has 3 aliphatic rings. The fourth-order valence-electron chi connectivity index (χ4n) is 4.43.